The van der Waals surface area contributed by atoms with Gasteiger partial charge in [-0.2, -0.15) is 5.10 Å². The highest BCUT2D eigenvalue weighted by atomic mass is 35.5. The Kier molecular flexibility index (Phi) is 11.5. The van der Waals surface area contributed by atoms with Crippen molar-refractivity contribution in [3.8, 4) is 28.7 Å². The first-order chi connectivity index (χ1) is 28.5. The summed E-state index contributed by atoms with van der Waals surface area (Å²) >= 11 is 12.2. The number of aromatic nitrogens is 3. The van der Waals surface area contributed by atoms with E-state index in [1.807, 2.05) is 93.6 Å². The number of hydrogen-bond acceptors (Lipinski definition) is 8. The van der Waals surface area contributed by atoms with Gasteiger partial charge in [0.05, 0.1) is 15.7 Å². The Labute approximate surface area is 352 Å². The lowest BCUT2D eigenvalue weighted by atomic mass is 9.92. The molecule has 1 N–H and O–H groups in total. The number of benzene rings is 4. The monoisotopic (exact) mass is 831 g/mol. The molecule has 2 aliphatic rings. The number of carbonyl (C=O) groups is 2. The smallest absolute Gasteiger partial charge is 0.273 e. The predicted octanol–water partition coefficient (Wildman–Crippen LogP) is 8.86. The number of pyridine rings is 1. The average molecular weight is 833 g/mol. The quantitative estimate of drug-likeness (QED) is 0.138. The van der Waals surface area contributed by atoms with Crippen LogP contribution in [0.3, 0.4) is 0 Å². The van der Waals surface area contributed by atoms with E-state index in [0.717, 1.165) is 50.6 Å². The van der Waals surface area contributed by atoms with Gasteiger partial charge in [0.2, 0.25) is 5.91 Å². The first-order valence-corrected chi connectivity index (χ1v) is 20.1. The van der Waals surface area contributed by atoms with E-state index in [2.05, 4.69) is 15.4 Å². The first-order valence-electron chi connectivity index (χ1n) is 19.4. The molecule has 2 amide bonds. The molecule has 2 atom stereocenters. The molecule has 13 heteroatoms. The third kappa shape index (κ3) is 8.86. The molecule has 2 aliphatic heterocycles. The summed E-state index contributed by atoms with van der Waals surface area (Å²) < 4.78 is 26.4. The molecule has 0 saturated heterocycles. The number of halogens is 2. The topological polar surface area (TPSA) is 117 Å². The summed E-state index contributed by atoms with van der Waals surface area (Å²) in [5.41, 5.74) is 7.72. The molecule has 0 spiro atoms. The lowest BCUT2D eigenvalue weighted by molar-refractivity contribution is -0.126. The van der Waals surface area contributed by atoms with Crippen LogP contribution in [0.25, 0.3) is 0 Å². The summed E-state index contributed by atoms with van der Waals surface area (Å²) in [5.74, 6) is 2.86. The molecule has 0 saturated carbocycles. The number of rotatable bonds is 11. The minimum Gasteiger partial charge on any atom is -0.489 e. The van der Waals surface area contributed by atoms with Gasteiger partial charge in [-0.3, -0.25) is 19.3 Å². The van der Waals surface area contributed by atoms with Crippen LogP contribution in [0.1, 0.15) is 61.4 Å². The maximum atomic E-state index is 14.2. The minimum absolute atomic E-state index is 0.209. The van der Waals surface area contributed by atoms with Gasteiger partial charge in [0, 0.05) is 44.0 Å². The molecule has 8 rings (SSSR count). The molecular formula is C46H43Cl2N5O6. The number of hydrogen-bond donors (Lipinski definition) is 1. The van der Waals surface area contributed by atoms with Crippen molar-refractivity contribution in [2.45, 2.75) is 58.9 Å². The summed E-state index contributed by atoms with van der Waals surface area (Å²) in [4.78, 5) is 34.1. The standard InChI is InChI=1S/C46H43Cl2N5O6/c1-27-19-40(52(4)51-27)46(55)53-24-34-23-43-42(57-26-44(59-43)32-8-12-35(13-9-32)56-25-31-7-14-37(47)38(48)20-31)22-33(34)21-39(53)45(54)50-17-15-30-5-10-36(11-6-30)58-41-16-18-49-29(3)28(41)2/h5-14,16,18-20,22-23,39,44H,15,17,21,24-26H2,1-4H3,(H,50,54). The van der Waals surface area contributed by atoms with Gasteiger partial charge in [-0.15, -0.1) is 0 Å². The molecule has 2 unspecified atom stereocenters. The molecule has 0 fully saturated rings. The lowest BCUT2D eigenvalue weighted by Crippen LogP contribution is -2.53. The summed E-state index contributed by atoms with van der Waals surface area (Å²) in [5, 5.41) is 8.47. The van der Waals surface area contributed by atoms with Crippen LogP contribution >= 0.6 is 23.2 Å². The molecule has 11 nitrogen and oxygen atoms in total. The number of carbonyl (C=O) groups excluding carboxylic acids is 2. The van der Waals surface area contributed by atoms with Crippen molar-refractivity contribution in [1.82, 2.24) is 25.0 Å². The third-order valence-electron chi connectivity index (χ3n) is 10.8. The largest absolute Gasteiger partial charge is 0.489 e. The van der Waals surface area contributed by atoms with E-state index in [9.17, 15) is 9.59 Å². The Hall–Kier alpha value is -6.04. The van der Waals surface area contributed by atoms with Crippen LogP contribution in [0.2, 0.25) is 10.0 Å². The molecular weight excluding hydrogens is 789 g/mol. The van der Waals surface area contributed by atoms with Gasteiger partial charge in [0.1, 0.15) is 42.2 Å². The fourth-order valence-electron chi connectivity index (χ4n) is 7.32. The van der Waals surface area contributed by atoms with Crippen molar-refractivity contribution in [2.24, 2.45) is 7.05 Å². The van der Waals surface area contributed by atoms with Crippen LogP contribution in [0.5, 0.6) is 28.7 Å². The van der Waals surface area contributed by atoms with Gasteiger partial charge in [0.15, 0.2) is 17.6 Å². The SMILES string of the molecule is Cc1cc(C(=O)N2Cc3cc4c(cc3CC2C(=O)NCCc2ccc(Oc3ccnc(C)c3C)cc2)OCC(c2ccc(OCc3ccc(Cl)c(Cl)c3)cc2)O4)n(C)n1. The van der Waals surface area contributed by atoms with Crippen LogP contribution in [0.15, 0.2) is 97.2 Å². The van der Waals surface area contributed by atoms with Crippen molar-refractivity contribution in [3.63, 3.8) is 0 Å². The zero-order chi connectivity index (χ0) is 41.2. The van der Waals surface area contributed by atoms with E-state index in [-0.39, 0.29) is 24.5 Å². The Balaban J connectivity index is 0.937. The third-order valence-corrected chi connectivity index (χ3v) is 11.5. The van der Waals surface area contributed by atoms with Crippen LogP contribution in [0, 0.1) is 20.8 Å². The minimum atomic E-state index is -0.749. The second-order valence-corrected chi connectivity index (χ2v) is 15.7. The maximum Gasteiger partial charge on any atom is 0.273 e. The van der Waals surface area contributed by atoms with Crippen molar-refractivity contribution >= 4 is 35.0 Å². The van der Waals surface area contributed by atoms with E-state index in [0.29, 0.717) is 71.3 Å². The van der Waals surface area contributed by atoms with Gasteiger partial charge < -0.3 is 29.2 Å². The van der Waals surface area contributed by atoms with Crippen LogP contribution in [-0.4, -0.2) is 50.7 Å². The van der Waals surface area contributed by atoms with Gasteiger partial charge in [-0.25, -0.2) is 0 Å². The van der Waals surface area contributed by atoms with E-state index >= 15 is 0 Å². The molecule has 4 aromatic carbocycles. The van der Waals surface area contributed by atoms with E-state index < -0.39 is 6.04 Å². The number of ether oxygens (including phenoxy) is 4. The normalized spacial score (nSPS) is 15.7. The van der Waals surface area contributed by atoms with Gasteiger partial charge >= 0.3 is 0 Å². The molecule has 59 heavy (non-hydrogen) atoms. The molecule has 6 aromatic rings. The molecule has 0 radical (unpaired) electrons. The van der Waals surface area contributed by atoms with E-state index in [4.69, 9.17) is 42.1 Å². The van der Waals surface area contributed by atoms with Crippen molar-refractivity contribution < 1.29 is 28.5 Å². The Morgan fingerprint density at radius 2 is 1.61 bits per heavy atom. The van der Waals surface area contributed by atoms with Crippen molar-refractivity contribution in [1.29, 1.82) is 0 Å². The zero-order valence-corrected chi connectivity index (χ0v) is 34.6. The summed E-state index contributed by atoms with van der Waals surface area (Å²) in [6, 6.07) is 27.6. The number of nitrogens with zero attached hydrogens (tertiary/aromatic N) is 4. The molecule has 302 valence electrons. The summed E-state index contributed by atoms with van der Waals surface area (Å²) in [7, 11) is 1.73. The Morgan fingerprint density at radius 1 is 0.864 bits per heavy atom. The summed E-state index contributed by atoms with van der Waals surface area (Å²) in [6.07, 6.45) is 2.29. The molecule has 0 aliphatic carbocycles. The van der Waals surface area contributed by atoms with Crippen LogP contribution in [-0.2, 0) is 37.8 Å². The fourth-order valence-corrected chi connectivity index (χ4v) is 7.64. The van der Waals surface area contributed by atoms with E-state index in [1.54, 1.807) is 41.0 Å². The first kappa shape index (κ1) is 39.8. The van der Waals surface area contributed by atoms with E-state index in [1.165, 1.54) is 0 Å². The number of fused-ring (bicyclic) bond motifs is 2. The fraction of sp³-hybridized carbons (Fsp3) is 0.261. The number of nitrogens with one attached hydrogen (secondary N) is 1. The zero-order valence-electron chi connectivity index (χ0n) is 33.1. The average Bonchev–Trinajstić information content (AvgIpc) is 3.59. The van der Waals surface area contributed by atoms with Crippen molar-refractivity contribution in [2.75, 3.05) is 13.2 Å². The second kappa shape index (κ2) is 17.1. The molecule has 4 heterocycles. The highest BCUT2D eigenvalue weighted by molar-refractivity contribution is 6.42. The second-order valence-electron chi connectivity index (χ2n) is 14.8. The Bertz CT molecular complexity index is 2520. The highest BCUT2D eigenvalue weighted by Gasteiger charge is 2.37. The number of aryl methyl sites for hydroxylation is 3. The van der Waals surface area contributed by atoms with Crippen LogP contribution < -0.4 is 24.3 Å². The lowest BCUT2D eigenvalue weighted by Gasteiger charge is -2.37. The number of amides is 2. The van der Waals surface area contributed by atoms with Gasteiger partial charge in [-0.05, 0) is 116 Å². The van der Waals surface area contributed by atoms with Crippen LogP contribution in [0.4, 0.5) is 0 Å². The molecule has 2 aromatic heterocycles. The van der Waals surface area contributed by atoms with Gasteiger partial charge in [0.25, 0.3) is 5.91 Å². The van der Waals surface area contributed by atoms with Gasteiger partial charge in [-0.1, -0.05) is 53.5 Å². The Morgan fingerprint density at radius 3 is 2.36 bits per heavy atom. The maximum absolute atomic E-state index is 14.2. The van der Waals surface area contributed by atoms with Crippen molar-refractivity contribution in [3.05, 3.63) is 158 Å². The molecule has 0 bridgehead atoms. The highest BCUT2D eigenvalue weighted by Crippen LogP contribution is 2.41. The summed E-state index contributed by atoms with van der Waals surface area (Å²) in [6.45, 7) is 7.03. The predicted molar refractivity (Wildman–Crippen MR) is 225 cm³/mol.